The minimum absolute atomic E-state index is 0.244. The molecule has 1 saturated heterocycles. The second-order valence-corrected chi connectivity index (χ2v) is 8.34. The fraction of sp³-hybridized carbons (Fsp3) is 0.591. The maximum absolute atomic E-state index is 9.20. The van der Waals surface area contributed by atoms with Gasteiger partial charge in [-0.3, -0.25) is 0 Å². The Bertz CT molecular complexity index is 1020. The van der Waals surface area contributed by atoms with Gasteiger partial charge in [0.05, 0.1) is 38.2 Å². The number of pyridine rings is 1. The van der Waals surface area contributed by atoms with E-state index in [0.717, 1.165) is 86.4 Å². The monoisotopic (exact) mass is 396 g/mol. The van der Waals surface area contributed by atoms with Crippen LogP contribution in [0, 0.1) is 0 Å². The highest BCUT2D eigenvalue weighted by Crippen LogP contribution is 2.38. The summed E-state index contributed by atoms with van der Waals surface area (Å²) in [7, 11) is 0. The van der Waals surface area contributed by atoms with Crippen LogP contribution in [-0.2, 0) is 19.3 Å². The molecule has 3 aromatic rings. The molecule has 1 aliphatic heterocycles. The normalized spacial score (nSPS) is 17.9. The number of hydrogen-bond acceptors (Lipinski definition) is 6. The van der Waals surface area contributed by atoms with E-state index in [-0.39, 0.29) is 6.61 Å². The smallest absolute Gasteiger partial charge is 0.229 e. The van der Waals surface area contributed by atoms with Crippen LogP contribution in [0.5, 0.6) is 0 Å². The van der Waals surface area contributed by atoms with Gasteiger partial charge < -0.3 is 19.3 Å². The topological polar surface area (TPSA) is 79.7 Å². The van der Waals surface area contributed by atoms with Gasteiger partial charge in [-0.2, -0.15) is 0 Å². The fourth-order valence-corrected chi connectivity index (χ4v) is 5.04. The first-order valence-electron chi connectivity index (χ1n) is 11.1. The van der Waals surface area contributed by atoms with E-state index < -0.39 is 0 Å². The number of nitrogens with zero attached hydrogens (tertiary/aromatic N) is 4. The highest BCUT2D eigenvalue weighted by Gasteiger charge is 2.27. The third-order valence-electron chi connectivity index (χ3n) is 6.51. The van der Waals surface area contributed by atoms with Crippen LogP contribution in [0.2, 0.25) is 0 Å². The van der Waals surface area contributed by atoms with Crippen LogP contribution in [0.1, 0.15) is 43.0 Å². The van der Waals surface area contributed by atoms with Crippen LogP contribution < -0.4 is 9.80 Å². The third-order valence-corrected chi connectivity index (χ3v) is 6.51. The summed E-state index contributed by atoms with van der Waals surface area (Å²) in [5.41, 5.74) is 6.49. The molecule has 0 saturated carbocycles. The van der Waals surface area contributed by atoms with E-state index in [1.807, 2.05) is 0 Å². The highest BCUT2D eigenvalue weighted by molar-refractivity contribution is 6.06. The number of aryl methyl sites for hydroxylation is 2. The molecule has 0 radical (unpaired) electrons. The molecule has 29 heavy (non-hydrogen) atoms. The van der Waals surface area contributed by atoms with Crippen molar-refractivity contribution in [2.75, 3.05) is 44.2 Å². The first-order valence-corrected chi connectivity index (χ1v) is 11.1. The second-order valence-electron chi connectivity index (χ2n) is 8.34. The number of furan rings is 1. The largest absolute Gasteiger partial charge is 0.432 e. The molecule has 0 amide bonds. The van der Waals surface area contributed by atoms with Crippen molar-refractivity contribution >= 4 is 28.0 Å². The fourth-order valence-electron chi connectivity index (χ4n) is 5.04. The van der Waals surface area contributed by atoms with Gasteiger partial charge in [0.25, 0.3) is 0 Å². The molecular weight excluding hydrogens is 366 g/mol. The summed E-state index contributed by atoms with van der Waals surface area (Å²) >= 11 is 0. The standard InChI is InChI=1S/C22H29N5O2/c1-2-5-17-15-6-3-4-7-16(15)18-19-20(29-22(18)25-17)21(24-14-23-19)27-10-8-26(9-11-27)12-13-28/h14,28H,2-13H2,1H3/p+1. The Hall–Kier alpha value is -2.25. The minimum atomic E-state index is 0.244. The van der Waals surface area contributed by atoms with Crippen LogP contribution in [0.25, 0.3) is 22.2 Å². The number of fused-ring (bicyclic) bond motifs is 5. The average Bonchev–Trinajstić information content (AvgIpc) is 3.13. The van der Waals surface area contributed by atoms with Gasteiger partial charge >= 0.3 is 0 Å². The van der Waals surface area contributed by atoms with Crippen molar-refractivity contribution in [1.82, 2.24) is 15.0 Å². The highest BCUT2D eigenvalue weighted by atomic mass is 16.3. The van der Waals surface area contributed by atoms with Gasteiger partial charge in [0.2, 0.25) is 5.71 Å². The predicted octanol–water partition coefficient (Wildman–Crippen LogP) is 1.30. The van der Waals surface area contributed by atoms with E-state index in [2.05, 4.69) is 21.8 Å². The van der Waals surface area contributed by atoms with E-state index in [1.165, 1.54) is 34.6 Å². The van der Waals surface area contributed by atoms with Crippen molar-refractivity contribution in [3.8, 4) is 0 Å². The number of nitrogens with one attached hydrogen (secondary N) is 1. The Balaban J connectivity index is 1.61. The lowest BCUT2D eigenvalue weighted by Crippen LogP contribution is -3.15. The van der Waals surface area contributed by atoms with Gasteiger partial charge in [0.1, 0.15) is 18.4 Å². The van der Waals surface area contributed by atoms with Crippen molar-refractivity contribution in [2.45, 2.75) is 45.4 Å². The minimum Gasteiger partial charge on any atom is -0.432 e. The van der Waals surface area contributed by atoms with Gasteiger partial charge in [-0.05, 0) is 43.2 Å². The molecule has 7 heteroatoms. The molecule has 154 valence electrons. The van der Waals surface area contributed by atoms with Crippen LogP contribution in [0.15, 0.2) is 10.7 Å². The van der Waals surface area contributed by atoms with Crippen molar-refractivity contribution in [2.24, 2.45) is 0 Å². The molecule has 3 aromatic heterocycles. The average molecular weight is 397 g/mol. The molecule has 0 spiro atoms. The molecule has 2 N–H and O–H groups in total. The van der Waals surface area contributed by atoms with Gasteiger partial charge in [-0.25, -0.2) is 15.0 Å². The molecule has 0 atom stereocenters. The molecule has 0 aromatic carbocycles. The lowest BCUT2D eigenvalue weighted by atomic mass is 9.88. The van der Waals surface area contributed by atoms with Crippen molar-refractivity contribution in [3.63, 3.8) is 0 Å². The molecule has 7 nitrogen and oxygen atoms in total. The summed E-state index contributed by atoms with van der Waals surface area (Å²) in [6.07, 6.45) is 8.44. The van der Waals surface area contributed by atoms with Gasteiger partial charge in [0, 0.05) is 5.69 Å². The van der Waals surface area contributed by atoms with Gasteiger partial charge in [-0.15, -0.1) is 0 Å². The number of hydrogen-bond donors (Lipinski definition) is 2. The Morgan fingerprint density at radius 3 is 2.69 bits per heavy atom. The molecular formula is C22H30N5O2+. The summed E-state index contributed by atoms with van der Waals surface area (Å²) in [4.78, 5) is 17.9. The quantitative estimate of drug-likeness (QED) is 0.677. The predicted molar refractivity (Wildman–Crippen MR) is 113 cm³/mol. The summed E-state index contributed by atoms with van der Waals surface area (Å²) in [6, 6.07) is 0. The Labute approximate surface area is 170 Å². The third kappa shape index (κ3) is 3.26. The molecule has 1 aliphatic carbocycles. The molecule has 5 rings (SSSR count). The summed E-state index contributed by atoms with van der Waals surface area (Å²) in [6.45, 7) is 7.08. The number of piperazine rings is 1. The Morgan fingerprint density at radius 2 is 1.93 bits per heavy atom. The maximum atomic E-state index is 9.20. The summed E-state index contributed by atoms with van der Waals surface area (Å²) in [5.74, 6) is 0.887. The van der Waals surface area contributed by atoms with Gasteiger partial charge in [0.15, 0.2) is 11.4 Å². The van der Waals surface area contributed by atoms with Crippen LogP contribution in [-0.4, -0.2) is 59.4 Å². The van der Waals surface area contributed by atoms with E-state index >= 15 is 0 Å². The molecule has 0 unspecified atom stereocenters. The van der Waals surface area contributed by atoms with Gasteiger partial charge in [-0.1, -0.05) is 13.3 Å². The van der Waals surface area contributed by atoms with E-state index in [4.69, 9.17) is 9.40 Å². The zero-order valence-corrected chi connectivity index (χ0v) is 17.2. The first kappa shape index (κ1) is 18.8. The number of anilines is 1. The molecule has 4 heterocycles. The van der Waals surface area contributed by atoms with Crippen molar-refractivity contribution in [1.29, 1.82) is 0 Å². The van der Waals surface area contributed by atoms with Crippen LogP contribution >= 0.6 is 0 Å². The van der Waals surface area contributed by atoms with Crippen molar-refractivity contribution in [3.05, 3.63) is 23.1 Å². The molecule has 2 aliphatic rings. The van der Waals surface area contributed by atoms with Crippen molar-refractivity contribution < 1.29 is 14.4 Å². The zero-order valence-electron chi connectivity index (χ0n) is 17.2. The van der Waals surface area contributed by atoms with E-state index in [9.17, 15) is 5.11 Å². The molecule has 1 fully saturated rings. The first-order chi connectivity index (χ1) is 14.3. The van der Waals surface area contributed by atoms with E-state index in [1.54, 1.807) is 6.33 Å². The number of aliphatic hydroxyl groups excluding tert-OH is 1. The number of aliphatic hydroxyl groups is 1. The maximum Gasteiger partial charge on any atom is 0.229 e. The Morgan fingerprint density at radius 1 is 1.14 bits per heavy atom. The van der Waals surface area contributed by atoms with Crippen LogP contribution in [0.4, 0.5) is 5.82 Å². The second kappa shape index (κ2) is 7.88. The Kier molecular flexibility index (Phi) is 5.09. The van der Waals surface area contributed by atoms with E-state index in [0.29, 0.717) is 0 Å². The lowest BCUT2D eigenvalue weighted by Gasteiger charge is -2.32. The SMILES string of the molecule is CCCc1nc2oc3c(N4CC[NH+](CCO)CC4)ncnc3c2c2c1CCCC2. The summed E-state index contributed by atoms with van der Waals surface area (Å²) in [5, 5.41) is 10.3. The number of quaternary nitrogens is 1. The zero-order chi connectivity index (χ0) is 19.8. The summed E-state index contributed by atoms with van der Waals surface area (Å²) < 4.78 is 6.34. The lowest BCUT2D eigenvalue weighted by molar-refractivity contribution is -0.900. The number of aromatic nitrogens is 3. The number of rotatable bonds is 5. The van der Waals surface area contributed by atoms with Crippen LogP contribution in [0.3, 0.4) is 0 Å². The molecule has 0 bridgehead atoms.